The molecule has 0 saturated carbocycles. The van der Waals surface area contributed by atoms with Gasteiger partial charge < -0.3 is 9.80 Å². The van der Waals surface area contributed by atoms with Gasteiger partial charge in [0, 0.05) is 26.1 Å². The van der Waals surface area contributed by atoms with Gasteiger partial charge in [-0.2, -0.15) is 11.3 Å². The summed E-state index contributed by atoms with van der Waals surface area (Å²) in [6.45, 7) is 2.69. The van der Waals surface area contributed by atoms with Crippen LogP contribution in [-0.4, -0.2) is 56.2 Å². The van der Waals surface area contributed by atoms with Gasteiger partial charge in [0.1, 0.15) is 5.69 Å². The van der Waals surface area contributed by atoms with Crippen LogP contribution in [0.1, 0.15) is 30.1 Å². The molecule has 0 unspecified atom stereocenters. The lowest BCUT2D eigenvalue weighted by Gasteiger charge is -2.38. The molecule has 4 rings (SSSR count). The fourth-order valence-corrected chi connectivity index (χ4v) is 3.81. The SMILES string of the molecule is O=C1CCCN1Cc1cn(C2CN(C(=O)Cc3ccsc3)C2)nn1. The highest BCUT2D eigenvalue weighted by atomic mass is 32.1. The van der Waals surface area contributed by atoms with Gasteiger partial charge in [-0.3, -0.25) is 9.59 Å². The Morgan fingerprint density at radius 1 is 1.38 bits per heavy atom. The average Bonchev–Trinajstić information content (AvgIpc) is 3.23. The zero-order chi connectivity index (χ0) is 16.5. The number of hydrogen-bond donors (Lipinski definition) is 0. The molecular formula is C16H19N5O2S. The van der Waals surface area contributed by atoms with Crippen molar-refractivity contribution in [1.82, 2.24) is 24.8 Å². The molecular weight excluding hydrogens is 326 g/mol. The van der Waals surface area contributed by atoms with E-state index in [1.807, 2.05) is 37.5 Å². The minimum atomic E-state index is 0.160. The molecule has 2 amide bonds. The highest BCUT2D eigenvalue weighted by molar-refractivity contribution is 7.08. The number of hydrogen-bond acceptors (Lipinski definition) is 5. The second kappa shape index (κ2) is 6.35. The quantitative estimate of drug-likeness (QED) is 0.813. The first kappa shape index (κ1) is 15.3. The van der Waals surface area contributed by atoms with Crippen LogP contribution >= 0.6 is 11.3 Å². The van der Waals surface area contributed by atoms with E-state index in [1.165, 1.54) is 0 Å². The predicted molar refractivity (Wildman–Crippen MR) is 88.3 cm³/mol. The summed E-state index contributed by atoms with van der Waals surface area (Å²) in [4.78, 5) is 27.5. The van der Waals surface area contributed by atoms with Gasteiger partial charge in [-0.1, -0.05) is 5.21 Å². The molecule has 0 radical (unpaired) electrons. The molecule has 2 aliphatic heterocycles. The fourth-order valence-electron chi connectivity index (χ4n) is 3.14. The lowest BCUT2D eigenvalue weighted by atomic mass is 10.1. The highest BCUT2D eigenvalue weighted by Gasteiger charge is 2.33. The van der Waals surface area contributed by atoms with Gasteiger partial charge in [0.15, 0.2) is 0 Å². The Morgan fingerprint density at radius 2 is 2.25 bits per heavy atom. The van der Waals surface area contributed by atoms with Crippen molar-refractivity contribution in [2.45, 2.75) is 31.8 Å². The topological polar surface area (TPSA) is 71.3 Å². The fraction of sp³-hybridized carbons (Fsp3) is 0.500. The molecule has 7 nitrogen and oxygen atoms in total. The summed E-state index contributed by atoms with van der Waals surface area (Å²) in [5, 5.41) is 12.3. The van der Waals surface area contributed by atoms with Crippen molar-refractivity contribution in [3.63, 3.8) is 0 Å². The summed E-state index contributed by atoms with van der Waals surface area (Å²) in [5.74, 6) is 0.353. The monoisotopic (exact) mass is 345 g/mol. The van der Waals surface area contributed by atoms with Crippen LogP contribution in [0.15, 0.2) is 23.0 Å². The van der Waals surface area contributed by atoms with E-state index in [-0.39, 0.29) is 17.9 Å². The third-order valence-electron chi connectivity index (χ3n) is 4.61. The molecule has 0 bridgehead atoms. The van der Waals surface area contributed by atoms with Crippen LogP contribution in [0.5, 0.6) is 0 Å². The maximum absolute atomic E-state index is 12.2. The maximum atomic E-state index is 12.2. The zero-order valence-corrected chi connectivity index (χ0v) is 14.1. The van der Waals surface area contributed by atoms with Crippen molar-refractivity contribution in [1.29, 1.82) is 0 Å². The van der Waals surface area contributed by atoms with Gasteiger partial charge in [-0.15, -0.1) is 5.10 Å². The van der Waals surface area contributed by atoms with E-state index in [0.29, 0.717) is 32.5 Å². The van der Waals surface area contributed by atoms with Gasteiger partial charge >= 0.3 is 0 Å². The minimum Gasteiger partial charge on any atom is -0.338 e. The van der Waals surface area contributed by atoms with E-state index in [4.69, 9.17) is 0 Å². The van der Waals surface area contributed by atoms with Crippen molar-refractivity contribution in [2.75, 3.05) is 19.6 Å². The van der Waals surface area contributed by atoms with Crippen molar-refractivity contribution in [2.24, 2.45) is 0 Å². The van der Waals surface area contributed by atoms with Gasteiger partial charge in [0.25, 0.3) is 0 Å². The molecule has 0 aromatic carbocycles. The van der Waals surface area contributed by atoms with Gasteiger partial charge in [-0.05, 0) is 28.8 Å². The molecule has 0 N–H and O–H groups in total. The first-order valence-corrected chi connectivity index (χ1v) is 9.10. The van der Waals surface area contributed by atoms with Crippen LogP contribution in [0.2, 0.25) is 0 Å². The normalized spacial score (nSPS) is 18.2. The number of rotatable bonds is 5. The first-order chi connectivity index (χ1) is 11.7. The van der Waals surface area contributed by atoms with Crippen molar-refractivity contribution in [3.8, 4) is 0 Å². The van der Waals surface area contributed by atoms with Crippen molar-refractivity contribution < 1.29 is 9.59 Å². The number of carbonyl (C=O) groups is 2. The Labute approximate surface area is 143 Å². The number of thiophene rings is 1. The van der Waals surface area contributed by atoms with Crippen LogP contribution in [-0.2, 0) is 22.6 Å². The van der Waals surface area contributed by atoms with Crippen LogP contribution < -0.4 is 0 Å². The molecule has 8 heteroatoms. The molecule has 0 spiro atoms. The Bertz CT molecular complexity index is 735. The first-order valence-electron chi connectivity index (χ1n) is 8.16. The summed E-state index contributed by atoms with van der Waals surface area (Å²) >= 11 is 1.61. The summed E-state index contributed by atoms with van der Waals surface area (Å²) < 4.78 is 1.82. The number of carbonyl (C=O) groups excluding carboxylic acids is 2. The Morgan fingerprint density at radius 3 is 2.96 bits per heavy atom. The van der Waals surface area contributed by atoms with E-state index in [1.54, 1.807) is 11.3 Å². The molecule has 0 aliphatic carbocycles. The molecule has 126 valence electrons. The largest absolute Gasteiger partial charge is 0.338 e. The molecule has 2 aromatic rings. The van der Waals surface area contributed by atoms with E-state index in [2.05, 4.69) is 10.3 Å². The number of amides is 2. The third-order valence-corrected chi connectivity index (χ3v) is 5.34. The second-order valence-electron chi connectivity index (χ2n) is 6.37. The summed E-state index contributed by atoms with van der Waals surface area (Å²) in [7, 11) is 0. The standard InChI is InChI=1S/C16H19N5O2S/c22-15-2-1-4-19(15)7-13-8-21(18-17-13)14-9-20(10-14)16(23)6-12-3-5-24-11-12/h3,5,8,11,14H,1-2,4,6-7,9-10H2. The molecule has 2 aliphatic rings. The van der Waals surface area contributed by atoms with Crippen molar-refractivity contribution >= 4 is 23.2 Å². The Hall–Kier alpha value is -2.22. The summed E-state index contributed by atoms with van der Waals surface area (Å²) in [6, 6.07) is 2.18. The predicted octanol–water partition coefficient (Wildman–Crippen LogP) is 1.09. The van der Waals surface area contributed by atoms with Gasteiger partial charge in [0.2, 0.25) is 11.8 Å². The lowest BCUT2D eigenvalue weighted by Crippen LogP contribution is -2.51. The zero-order valence-electron chi connectivity index (χ0n) is 13.3. The van der Waals surface area contributed by atoms with Crippen LogP contribution in [0.3, 0.4) is 0 Å². The molecule has 24 heavy (non-hydrogen) atoms. The van der Waals surface area contributed by atoms with E-state index in [0.717, 1.165) is 24.2 Å². The highest BCUT2D eigenvalue weighted by Crippen LogP contribution is 2.22. The molecule has 2 aromatic heterocycles. The van der Waals surface area contributed by atoms with Gasteiger partial charge in [-0.25, -0.2) is 4.68 Å². The summed E-state index contributed by atoms with van der Waals surface area (Å²) in [5.41, 5.74) is 1.89. The molecule has 2 fully saturated rings. The third kappa shape index (κ3) is 3.06. The van der Waals surface area contributed by atoms with Crippen LogP contribution in [0.25, 0.3) is 0 Å². The smallest absolute Gasteiger partial charge is 0.227 e. The van der Waals surface area contributed by atoms with E-state index >= 15 is 0 Å². The number of nitrogens with zero attached hydrogens (tertiary/aromatic N) is 5. The summed E-state index contributed by atoms with van der Waals surface area (Å²) in [6.07, 6.45) is 3.93. The number of aromatic nitrogens is 3. The maximum Gasteiger partial charge on any atom is 0.227 e. The molecule has 0 atom stereocenters. The average molecular weight is 345 g/mol. The Balaban J connectivity index is 1.29. The minimum absolute atomic E-state index is 0.160. The van der Waals surface area contributed by atoms with Gasteiger partial charge in [0.05, 0.1) is 25.2 Å². The number of likely N-dealkylation sites (tertiary alicyclic amines) is 2. The second-order valence-corrected chi connectivity index (χ2v) is 7.15. The lowest BCUT2D eigenvalue weighted by molar-refractivity contribution is -0.136. The van der Waals surface area contributed by atoms with E-state index < -0.39 is 0 Å². The van der Waals surface area contributed by atoms with Crippen molar-refractivity contribution in [3.05, 3.63) is 34.3 Å². The van der Waals surface area contributed by atoms with E-state index in [9.17, 15) is 9.59 Å². The molecule has 2 saturated heterocycles. The van der Waals surface area contributed by atoms with Crippen LogP contribution in [0, 0.1) is 0 Å². The Kier molecular flexibility index (Phi) is 4.05. The van der Waals surface area contributed by atoms with Crippen LogP contribution in [0.4, 0.5) is 0 Å². The molecule has 4 heterocycles.